The summed E-state index contributed by atoms with van der Waals surface area (Å²) in [5.74, 6) is 0.230. The van der Waals surface area contributed by atoms with Crippen LogP contribution >= 0.6 is 11.6 Å². The molecule has 21 heavy (non-hydrogen) atoms. The number of amides is 1. The van der Waals surface area contributed by atoms with Crippen molar-refractivity contribution in [3.05, 3.63) is 59.1 Å². The SMILES string of the molecule is C[C@H](O)c1cccc(OCC(=O)Nc2ccccc2Cl)c1. The number of nitrogens with one attached hydrogen (secondary N) is 1. The molecule has 2 aromatic rings. The number of aliphatic hydroxyl groups excluding tert-OH is 1. The van der Waals surface area contributed by atoms with Crippen molar-refractivity contribution in [3.63, 3.8) is 0 Å². The van der Waals surface area contributed by atoms with Crippen LogP contribution in [-0.2, 0) is 4.79 Å². The van der Waals surface area contributed by atoms with E-state index >= 15 is 0 Å². The van der Waals surface area contributed by atoms with Gasteiger partial charge in [-0.3, -0.25) is 4.79 Å². The number of halogens is 1. The Kier molecular flexibility index (Phi) is 5.20. The molecule has 110 valence electrons. The summed E-state index contributed by atoms with van der Waals surface area (Å²) in [6.45, 7) is 1.54. The fraction of sp³-hybridized carbons (Fsp3) is 0.188. The number of aliphatic hydroxyl groups is 1. The van der Waals surface area contributed by atoms with E-state index in [1.807, 2.05) is 0 Å². The maximum atomic E-state index is 11.8. The molecule has 1 atom stereocenters. The lowest BCUT2D eigenvalue weighted by atomic mass is 10.1. The summed E-state index contributed by atoms with van der Waals surface area (Å²) < 4.78 is 5.40. The summed E-state index contributed by atoms with van der Waals surface area (Å²) in [6.07, 6.45) is -0.578. The van der Waals surface area contributed by atoms with E-state index in [4.69, 9.17) is 16.3 Å². The normalized spacial score (nSPS) is 11.8. The number of hydrogen-bond donors (Lipinski definition) is 2. The highest BCUT2D eigenvalue weighted by Crippen LogP contribution is 2.21. The molecule has 0 heterocycles. The zero-order chi connectivity index (χ0) is 15.2. The molecule has 5 heteroatoms. The van der Waals surface area contributed by atoms with E-state index in [9.17, 15) is 9.90 Å². The zero-order valence-corrected chi connectivity index (χ0v) is 12.3. The number of carbonyl (C=O) groups is 1. The zero-order valence-electron chi connectivity index (χ0n) is 11.5. The van der Waals surface area contributed by atoms with Crippen LogP contribution in [0.4, 0.5) is 5.69 Å². The van der Waals surface area contributed by atoms with Crippen molar-refractivity contribution in [2.24, 2.45) is 0 Å². The first-order valence-corrected chi connectivity index (χ1v) is 6.89. The Morgan fingerprint density at radius 2 is 2.05 bits per heavy atom. The molecule has 0 saturated heterocycles. The molecule has 0 bridgehead atoms. The highest BCUT2D eigenvalue weighted by atomic mass is 35.5. The van der Waals surface area contributed by atoms with E-state index in [1.54, 1.807) is 55.5 Å². The molecule has 0 saturated carbocycles. The molecule has 0 spiro atoms. The van der Waals surface area contributed by atoms with Gasteiger partial charge in [-0.05, 0) is 36.8 Å². The highest BCUT2D eigenvalue weighted by molar-refractivity contribution is 6.33. The lowest BCUT2D eigenvalue weighted by Crippen LogP contribution is -2.20. The lowest BCUT2D eigenvalue weighted by molar-refractivity contribution is -0.118. The molecule has 2 N–H and O–H groups in total. The molecule has 4 nitrogen and oxygen atoms in total. The Morgan fingerprint density at radius 1 is 1.29 bits per heavy atom. The predicted octanol–water partition coefficient (Wildman–Crippen LogP) is 3.41. The van der Waals surface area contributed by atoms with E-state index in [0.717, 1.165) is 5.56 Å². The lowest BCUT2D eigenvalue weighted by Gasteiger charge is -2.10. The summed E-state index contributed by atoms with van der Waals surface area (Å²) in [5, 5.41) is 12.6. The molecular formula is C16H16ClNO3. The number of carbonyl (C=O) groups excluding carboxylic acids is 1. The predicted molar refractivity (Wildman–Crippen MR) is 82.7 cm³/mol. The summed E-state index contributed by atoms with van der Waals surface area (Å²) in [6, 6.07) is 14.0. The second-order valence-corrected chi connectivity index (χ2v) is 4.97. The standard InChI is InChI=1S/C16H16ClNO3/c1-11(19)12-5-4-6-13(9-12)21-10-16(20)18-15-8-3-2-7-14(15)17/h2-9,11,19H,10H2,1H3,(H,18,20)/t11-/m0/s1. The maximum absolute atomic E-state index is 11.8. The second-order valence-electron chi connectivity index (χ2n) is 4.57. The number of hydrogen-bond acceptors (Lipinski definition) is 3. The Labute approximate surface area is 128 Å². The van der Waals surface area contributed by atoms with Crippen molar-refractivity contribution in [2.45, 2.75) is 13.0 Å². The van der Waals surface area contributed by atoms with Crippen LogP contribution in [0.1, 0.15) is 18.6 Å². The van der Waals surface area contributed by atoms with Gasteiger partial charge in [0, 0.05) is 0 Å². The average molecular weight is 306 g/mol. The van der Waals surface area contributed by atoms with Gasteiger partial charge >= 0.3 is 0 Å². The van der Waals surface area contributed by atoms with Crippen LogP contribution in [0.3, 0.4) is 0 Å². The summed E-state index contributed by atoms with van der Waals surface area (Å²) in [5.41, 5.74) is 1.28. The Morgan fingerprint density at radius 3 is 2.76 bits per heavy atom. The van der Waals surface area contributed by atoms with E-state index in [0.29, 0.717) is 16.5 Å². The van der Waals surface area contributed by atoms with Crippen LogP contribution in [0, 0.1) is 0 Å². The first-order valence-electron chi connectivity index (χ1n) is 6.51. The minimum atomic E-state index is -0.578. The molecule has 2 rings (SSSR count). The summed E-state index contributed by atoms with van der Waals surface area (Å²) in [4.78, 5) is 11.8. The van der Waals surface area contributed by atoms with Gasteiger partial charge in [-0.2, -0.15) is 0 Å². The van der Waals surface area contributed by atoms with Crippen molar-refractivity contribution in [1.29, 1.82) is 0 Å². The Balaban J connectivity index is 1.92. The topological polar surface area (TPSA) is 58.6 Å². The van der Waals surface area contributed by atoms with Crippen LogP contribution in [0.25, 0.3) is 0 Å². The minimum Gasteiger partial charge on any atom is -0.484 e. The number of benzene rings is 2. The summed E-state index contributed by atoms with van der Waals surface area (Å²) >= 11 is 5.96. The fourth-order valence-electron chi connectivity index (χ4n) is 1.76. The number of anilines is 1. The van der Waals surface area contributed by atoms with E-state index in [-0.39, 0.29) is 12.5 Å². The Hall–Kier alpha value is -2.04. The van der Waals surface area contributed by atoms with Crippen molar-refractivity contribution in [2.75, 3.05) is 11.9 Å². The third kappa shape index (κ3) is 4.48. The van der Waals surface area contributed by atoms with E-state index in [2.05, 4.69) is 5.32 Å². The van der Waals surface area contributed by atoms with Gasteiger partial charge in [0.25, 0.3) is 5.91 Å². The van der Waals surface area contributed by atoms with Crippen molar-refractivity contribution in [3.8, 4) is 5.75 Å². The van der Waals surface area contributed by atoms with Crippen molar-refractivity contribution >= 4 is 23.2 Å². The van der Waals surface area contributed by atoms with Gasteiger partial charge in [-0.15, -0.1) is 0 Å². The van der Waals surface area contributed by atoms with Gasteiger partial charge in [0.2, 0.25) is 0 Å². The first-order chi connectivity index (χ1) is 10.1. The molecule has 0 radical (unpaired) electrons. The monoisotopic (exact) mass is 305 g/mol. The molecule has 2 aromatic carbocycles. The number of rotatable bonds is 5. The quantitative estimate of drug-likeness (QED) is 0.890. The van der Waals surface area contributed by atoms with Gasteiger partial charge in [0.05, 0.1) is 16.8 Å². The molecule has 1 amide bonds. The van der Waals surface area contributed by atoms with Crippen LogP contribution in [-0.4, -0.2) is 17.6 Å². The van der Waals surface area contributed by atoms with Crippen molar-refractivity contribution < 1.29 is 14.6 Å². The molecule has 0 aromatic heterocycles. The number of para-hydroxylation sites is 1. The first kappa shape index (κ1) is 15.4. The van der Waals surface area contributed by atoms with Gasteiger partial charge < -0.3 is 15.2 Å². The third-order valence-corrected chi connectivity index (χ3v) is 3.19. The van der Waals surface area contributed by atoms with Gasteiger partial charge in [-0.25, -0.2) is 0 Å². The maximum Gasteiger partial charge on any atom is 0.262 e. The van der Waals surface area contributed by atoms with Crippen LogP contribution in [0.15, 0.2) is 48.5 Å². The fourth-order valence-corrected chi connectivity index (χ4v) is 1.94. The van der Waals surface area contributed by atoms with Gasteiger partial charge in [0.15, 0.2) is 6.61 Å². The molecule has 0 aliphatic carbocycles. The van der Waals surface area contributed by atoms with E-state index < -0.39 is 6.10 Å². The highest BCUT2D eigenvalue weighted by Gasteiger charge is 2.07. The molecule has 0 aliphatic heterocycles. The second kappa shape index (κ2) is 7.11. The smallest absolute Gasteiger partial charge is 0.262 e. The van der Waals surface area contributed by atoms with Gasteiger partial charge in [-0.1, -0.05) is 35.9 Å². The molecular weight excluding hydrogens is 290 g/mol. The van der Waals surface area contributed by atoms with Crippen LogP contribution < -0.4 is 10.1 Å². The minimum absolute atomic E-state index is 0.130. The van der Waals surface area contributed by atoms with Crippen LogP contribution in [0.2, 0.25) is 5.02 Å². The van der Waals surface area contributed by atoms with Crippen molar-refractivity contribution in [1.82, 2.24) is 0 Å². The largest absolute Gasteiger partial charge is 0.484 e. The van der Waals surface area contributed by atoms with Gasteiger partial charge in [0.1, 0.15) is 5.75 Å². The summed E-state index contributed by atoms with van der Waals surface area (Å²) in [7, 11) is 0. The molecule has 0 aliphatic rings. The molecule has 0 fully saturated rings. The third-order valence-electron chi connectivity index (χ3n) is 2.86. The average Bonchev–Trinajstić information content (AvgIpc) is 2.48. The molecule has 0 unspecified atom stereocenters. The Bertz CT molecular complexity index is 628. The van der Waals surface area contributed by atoms with Crippen LogP contribution in [0.5, 0.6) is 5.75 Å². The number of ether oxygens (including phenoxy) is 1. The van der Waals surface area contributed by atoms with E-state index in [1.165, 1.54) is 0 Å².